The number of hydrogen-bond donors (Lipinski definition) is 0. The molecule has 0 aliphatic heterocycles. The maximum absolute atomic E-state index is 7.19. The average molecular weight is 719 g/mol. The topological polar surface area (TPSA) is 73.8 Å². The third kappa shape index (κ3) is 10.3. The zero-order valence-corrected chi connectivity index (χ0v) is 30.0. The molecule has 4 rings (SSSR count). The highest BCUT2D eigenvalue weighted by molar-refractivity contribution is 7.01. The van der Waals surface area contributed by atoms with Gasteiger partial charge in [-0.25, -0.2) is 0 Å². The monoisotopic (exact) mass is 718 g/mol. The van der Waals surface area contributed by atoms with Crippen LogP contribution in [-0.2, 0) is 34.2 Å². The Labute approximate surface area is 285 Å². The van der Waals surface area contributed by atoms with Gasteiger partial charge >= 0.3 is 45.5 Å². The normalized spacial score (nSPS) is 11.3. The summed E-state index contributed by atoms with van der Waals surface area (Å²) in [6.07, 6.45) is 0. The summed E-state index contributed by atoms with van der Waals surface area (Å²) in [5.41, 5.74) is 0. The summed E-state index contributed by atoms with van der Waals surface area (Å²) >= 11 is 0. The van der Waals surface area contributed by atoms with Crippen LogP contribution in [0.2, 0.25) is 6.55 Å². The molecule has 0 saturated heterocycles. The Morgan fingerprint density at radius 3 is 0.783 bits per heavy atom. The summed E-state index contributed by atoms with van der Waals surface area (Å²) < 4.78 is 50.8. The van der Waals surface area contributed by atoms with Gasteiger partial charge in [-0.1, -0.05) is 151 Å². The maximum atomic E-state index is 7.19. The minimum atomic E-state index is -3.41. The lowest BCUT2D eigenvalue weighted by Gasteiger charge is -2.40. The van der Waals surface area contributed by atoms with E-state index in [-0.39, 0.29) is 29.7 Å². The molecule has 4 aromatic carbocycles. The van der Waals surface area contributed by atoms with Crippen molar-refractivity contribution in [1.29, 1.82) is 0 Å². The molecular formula is C33H54O8Si5. The molecule has 0 aliphatic carbocycles. The summed E-state index contributed by atoms with van der Waals surface area (Å²) in [4.78, 5) is 0. The Balaban J connectivity index is 0.00000506. The van der Waals surface area contributed by atoms with Crippen LogP contribution >= 0.6 is 0 Å². The largest absolute Gasteiger partial charge is 0.475 e. The van der Waals surface area contributed by atoms with Crippen molar-refractivity contribution in [2.75, 3.05) is 28.4 Å². The van der Waals surface area contributed by atoms with Crippen LogP contribution in [-0.4, -0.2) is 73.9 Å². The Morgan fingerprint density at radius 2 is 0.587 bits per heavy atom. The highest BCUT2D eigenvalue weighted by atomic mass is 28.5. The molecule has 0 fully saturated rings. The third-order valence-corrected chi connectivity index (χ3v) is 22.0. The first-order chi connectivity index (χ1) is 20.5. The Kier molecular flexibility index (Phi) is 20.4. The van der Waals surface area contributed by atoms with Gasteiger partial charge in [-0.05, 0) is 27.3 Å². The van der Waals surface area contributed by atoms with E-state index in [9.17, 15) is 0 Å². The molecule has 4 aromatic rings. The Bertz CT molecular complexity index is 1140. The molecule has 46 heavy (non-hydrogen) atoms. The van der Waals surface area contributed by atoms with Crippen molar-refractivity contribution in [3.05, 3.63) is 121 Å². The molecule has 0 bridgehead atoms. The Morgan fingerprint density at radius 1 is 0.370 bits per heavy atom. The van der Waals surface area contributed by atoms with Gasteiger partial charge in [0, 0.05) is 28.4 Å². The molecule has 0 aliphatic rings. The number of rotatable bonds is 16. The van der Waals surface area contributed by atoms with Crippen LogP contribution in [0.1, 0.15) is 29.7 Å². The standard InChI is InChI=1S/C29H38O8Si5.4CH4/c1-30-39(31-2)36-41(26-18-10-6-11-19-26,27-20-12-7-13-21-27)34-38(5)35-42(37-40(32-3)33-4,28-22-14-8-15-23-28)29-24-16-9-17-25-29;;;;/h6-25,38-40H,1-5H3;4*1H4. The van der Waals surface area contributed by atoms with Crippen molar-refractivity contribution in [3.63, 3.8) is 0 Å². The molecule has 13 heteroatoms. The van der Waals surface area contributed by atoms with Gasteiger partial charge in [-0.2, -0.15) is 0 Å². The van der Waals surface area contributed by atoms with Gasteiger partial charge in [0.05, 0.1) is 0 Å². The fraction of sp³-hybridized carbons (Fsp3) is 0.273. The maximum Gasteiger partial charge on any atom is 0.475 e. The van der Waals surface area contributed by atoms with Crippen LogP contribution in [0, 0.1) is 0 Å². The zero-order chi connectivity index (χ0) is 29.8. The van der Waals surface area contributed by atoms with E-state index in [1.165, 1.54) is 0 Å². The van der Waals surface area contributed by atoms with Gasteiger partial charge in [-0.15, -0.1) is 0 Å². The van der Waals surface area contributed by atoms with Crippen molar-refractivity contribution in [2.24, 2.45) is 0 Å². The fourth-order valence-electron chi connectivity index (χ4n) is 4.71. The summed E-state index contributed by atoms with van der Waals surface area (Å²) in [7, 11) is -8.16. The van der Waals surface area contributed by atoms with E-state index in [1.807, 2.05) is 128 Å². The predicted octanol–water partition coefficient (Wildman–Crippen LogP) is 3.98. The van der Waals surface area contributed by atoms with Crippen molar-refractivity contribution < 1.29 is 34.2 Å². The minimum Gasteiger partial charge on any atom is -0.411 e. The van der Waals surface area contributed by atoms with Gasteiger partial charge in [0.25, 0.3) is 0 Å². The molecule has 0 amide bonds. The lowest BCUT2D eigenvalue weighted by Crippen LogP contribution is -2.71. The molecule has 0 atom stereocenters. The molecule has 0 aromatic heterocycles. The molecule has 0 spiro atoms. The number of hydrogen-bond acceptors (Lipinski definition) is 8. The predicted molar refractivity (Wildman–Crippen MR) is 202 cm³/mol. The summed E-state index contributed by atoms with van der Waals surface area (Å²) in [6.45, 7) is 2.01. The lowest BCUT2D eigenvalue weighted by molar-refractivity contribution is 0.180. The molecule has 0 N–H and O–H groups in total. The first kappa shape index (κ1) is 43.6. The molecule has 8 nitrogen and oxygen atoms in total. The van der Waals surface area contributed by atoms with Crippen molar-refractivity contribution >= 4 is 66.2 Å². The van der Waals surface area contributed by atoms with E-state index >= 15 is 0 Å². The average Bonchev–Trinajstić information content (AvgIpc) is 3.06. The Hall–Kier alpha value is -2.36. The number of benzene rings is 4. The molecule has 254 valence electrons. The van der Waals surface area contributed by atoms with E-state index in [1.54, 1.807) is 28.4 Å². The van der Waals surface area contributed by atoms with Gasteiger partial charge in [-0.3, -0.25) is 0 Å². The van der Waals surface area contributed by atoms with E-state index in [0.717, 1.165) is 20.7 Å². The molecule has 0 unspecified atom stereocenters. The quantitative estimate of drug-likeness (QED) is 0.161. The van der Waals surface area contributed by atoms with Crippen LogP contribution in [0.25, 0.3) is 0 Å². The van der Waals surface area contributed by atoms with Crippen LogP contribution in [0.5, 0.6) is 0 Å². The molecule has 0 saturated carbocycles. The highest BCUT2D eigenvalue weighted by Gasteiger charge is 2.51. The van der Waals surface area contributed by atoms with E-state index < -0.39 is 45.5 Å². The van der Waals surface area contributed by atoms with Crippen LogP contribution in [0.3, 0.4) is 0 Å². The second-order valence-corrected chi connectivity index (χ2v) is 22.0. The summed E-state index contributed by atoms with van der Waals surface area (Å²) in [5, 5.41) is 3.72. The SMILES string of the molecule is C.C.C.C.CO[SiH](OC)O[Si](O[SiH](C)O[Si](O[SiH](OC)OC)(c1ccccc1)c1ccccc1)(c1ccccc1)c1ccccc1. The summed E-state index contributed by atoms with van der Waals surface area (Å²) in [6, 6.07) is 40.1. The van der Waals surface area contributed by atoms with Crippen molar-refractivity contribution in [3.8, 4) is 0 Å². The van der Waals surface area contributed by atoms with E-state index in [4.69, 9.17) is 34.2 Å². The van der Waals surface area contributed by atoms with Crippen molar-refractivity contribution in [1.82, 2.24) is 0 Å². The molecule has 0 heterocycles. The van der Waals surface area contributed by atoms with Gasteiger partial charge in [0.15, 0.2) is 0 Å². The minimum absolute atomic E-state index is 0. The second kappa shape index (κ2) is 21.5. The first-order valence-corrected chi connectivity index (χ1v) is 22.1. The van der Waals surface area contributed by atoms with Gasteiger partial charge in [0.1, 0.15) is 0 Å². The van der Waals surface area contributed by atoms with Gasteiger partial charge < -0.3 is 34.2 Å². The molecular weight excluding hydrogens is 665 g/mol. The zero-order valence-electron chi connectivity index (χ0n) is 24.5. The molecule has 0 radical (unpaired) electrons. The fourth-order valence-corrected chi connectivity index (χ4v) is 22.2. The van der Waals surface area contributed by atoms with E-state index in [0.29, 0.717) is 0 Å². The first-order valence-electron chi connectivity index (χ1n) is 13.6. The van der Waals surface area contributed by atoms with Gasteiger partial charge in [0.2, 0.25) is 0 Å². The van der Waals surface area contributed by atoms with Crippen molar-refractivity contribution in [2.45, 2.75) is 36.3 Å². The lowest BCUT2D eigenvalue weighted by atomic mass is 10.4. The third-order valence-electron chi connectivity index (χ3n) is 6.57. The smallest absolute Gasteiger partial charge is 0.411 e. The highest BCUT2D eigenvalue weighted by Crippen LogP contribution is 2.19. The van der Waals surface area contributed by atoms with E-state index in [2.05, 4.69) is 0 Å². The van der Waals surface area contributed by atoms with Crippen LogP contribution < -0.4 is 20.7 Å². The summed E-state index contributed by atoms with van der Waals surface area (Å²) in [5.74, 6) is 0. The second-order valence-electron chi connectivity index (χ2n) is 9.26. The van der Waals surface area contributed by atoms with Crippen LogP contribution in [0.15, 0.2) is 121 Å². The van der Waals surface area contributed by atoms with Crippen LogP contribution in [0.4, 0.5) is 0 Å².